The van der Waals surface area contributed by atoms with Gasteiger partial charge in [-0.15, -0.1) is 0 Å². The van der Waals surface area contributed by atoms with E-state index in [0.717, 1.165) is 37.6 Å². The summed E-state index contributed by atoms with van der Waals surface area (Å²) in [4.78, 5) is 37.3. The van der Waals surface area contributed by atoms with Crippen LogP contribution in [0.15, 0.2) is 42.6 Å². The molecule has 4 aromatic rings. The van der Waals surface area contributed by atoms with Crippen molar-refractivity contribution >= 4 is 34.6 Å². The van der Waals surface area contributed by atoms with E-state index in [2.05, 4.69) is 41.0 Å². The van der Waals surface area contributed by atoms with Crippen molar-refractivity contribution in [3.05, 3.63) is 64.8 Å². The third-order valence-electron chi connectivity index (χ3n) is 9.06. The third-order valence-corrected chi connectivity index (χ3v) is 9.06. The second-order valence-corrected chi connectivity index (χ2v) is 12.5. The van der Waals surface area contributed by atoms with Gasteiger partial charge in [-0.1, -0.05) is 57.5 Å². The minimum Gasteiger partial charge on any atom is -0.444 e. The molecule has 3 N–H and O–H groups in total. The van der Waals surface area contributed by atoms with Crippen LogP contribution in [0.4, 0.5) is 39.9 Å². The van der Waals surface area contributed by atoms with Crippen molar-refractivity contribution in [3.8, 4) is 11.4 Å². The minimum absolute atomic E-state index is 0.0616. The number of hydrogen-bond acceptors (Lipinski definition) is 10. The molecule has 3 aromatic heterocycles. The number of anilines is 3. The van der Waals surface area contributed by atoms with Gasteiger partial charge in [-0.3, -0.25) is 15.2 Å². The molecule has 5 rings (SSSR count). The molecule has 0 radical (unpaired) electrons. The van der Waals surface area contributed by atoms with Crippen molar-refractivity contribution in [2.75, 3.05) is 60.9 Å². The third kappa shape index (κ3) is 8.47. The van der Waals surface area contributed by atoms with Crippen LogP contribution >= 0.6 is 0 Å². The summed E-state index contributed by atoms with van der Waals surface area (Å²) in [6.45, 7) is 10.7. The maximum atomic E-state index is 15.3. The zero-order chi connectivity index (χ0) is 36.7. The van der Waals surface area contributed by atoms with Gasteiger partial charge in [-0.2, -0.15) is 18.2 Å². The highest BCUT2D eigenvalue weighted by Gasteiger charge is 2.39. The van der Waals surface area contributed by atoms with Gasteiger partial charge in [0.25, 0.3) is 0 Å². The molecule has 1 fully saturated rings. The number of halogens is 4. The van der Waals surface area contributed by atoms with Gasteiger partial charge in [0.1, 0.15) is 30.6 Å². The molecular formula is C36H45F4N9O2. The van der Waals surface area contributed by atoms with Gasteiger partial charge in [0, 0.05) is 50.5 Å². The number of carbonyl (C=O) groups is 1. The molecule has 0 saturated carbocycles. The number of fused-ring (bicyclic) bond motifs is 1. The first-order valence-corrected chi connectivity index (χ1v) is 17.3. The van der Waals surface area contributed by atoms with Gasteiger partial charge in [0.2, 0.25) is 5.95 Å². The quantitative estimate of drug-likeness (QED) is 0.128. The van der Waals surface area contributed by atoms with Crippen LogP contribution in [0.25, 0.3) is 22.3 Å². The lowest BCUT2D eigenvalue weighted by molar-refractivity contribution is -0.137. The fourth-order valence-corrected chi connectivity index (χ4v) is 6.37. The number of nitrogens with two attached hydrogens (primary N) is 1. The number of alkyl halides is 4. The van der Waals surface area contributed by atoms with Crippen molar-refractivity contribution in [2.24, 2.45) is 5.73 Å². The Labute approximate surface area is 295 Å². The zero-order valence-electron chi connectivity index (χ0n) is 29.4. The van der Waals surface area contributed by atoms with Gasteiger partial charge >= 0.3 is 12.3 Å². The van der Waals surface area contributed by atoms with Crippen molar-refractivity contribution in [2.45, 2.75) is 66.0 Å². The summed E-state index contributed by atoms with van der Waals surface area (Å²) >= 11 is 0. The number of unbranched alkanes of at least 4 members (excludes halogenated alkanes) is 1. The summed E-state index contributed by atoms with van der Waals surface area (Å²) < 4.78 is 64.6. The van der Waals surface area contributed by atoms with Crippen molar-refractivity contribution in [1.82, 2.24) is 24.8 Å². The van der Waals surface area contributed by atoms with E-state index in [4.69, 9.17) is 20.4 Å². The smallest absolute Gasteiger partial charge is 0.418 e. The van der Waals surface area contributed by atoms with E-state index in [0.29, 0.717) is 49.9 Å². The zero-order valence-corrected chi connectivity index (χ0v) is 29.4. The molecular weight excluding hydrogens is 666 g/mol. The standard InChI is InChI=1S/C36H45F4N9O2/c1-5-8-15-48(16-14-41)33-27-19-42-31(26(18-37)30(27)45-34(46-33)49-20-25(21-49)47(6-2)7-3)32-29(36(38,39)40)23(4)17-28(43-32)44-35(50)51-22-24-12-10-9-11-13-24/h9-13,17,19,25H,5-8,14-16,18,20-22,41H2,1-4H3,(H,43,44,50). The number of hydrogen-bond donors (Lipinski definition) is 2. The monoisotopic (exact) mass is 711 g/mol. The predicted octanol–water partition coefficient (Wildman–Crippen LogP) is 6.73. The van der Waals surface area contributed by atoms with E-state index < -0.39 is 30.2 Å². The first-order valence-electron chi connectivity index (χ1n) is 17.3. The summed E-state index contributed by atoms with van der Waals surface area (Å²) in [7, 11) is 0. The summed E-state index contributed by atoms with van der Waals surface area (Å²) in [6, 6.07) is 10.3. The molecule has 51 heavy (non-hydrogen) atoms. The first-order chi connectivity index (χ1) is 24.5. The Bertz CT molecular complexity index is 1800. The van der Waals surface area contributed by atoms with Gasteiger partial charge in [0.15, 0.2) is 0 Å². The number of carbonyl (C=O) groups excluding carboxylic acids is 1. The number of likely N-dealkylation sites (N-methyl/N-ethyl adjacent to an activating group) is 1. The van der Waals surface area contributed by atoms with Crippen LogP contribution in [0.5, 0.6) is 0 Å². The van der Waals surface area contributed by atoms with E-state index in [-0.39, 0.29) is 40.8 Å². The highest BCUT2D eigenvalue weighted by atomic mass is 19.4. The van der Waals surface area contributed by atoms with Gasteiger partial charge in [-0.25, -0.2) is 19.2 Å². The molecule has 1 saturated heterocycles. The number of nitrogens with zero attached hydrogens (tertiary/aromatic N) is 7. The molecule has 1 amide bonds. The van der Waals surface area contributed by atoms with E-state index in [9.17, 15) is 18.0 Å². The summed E-state index contributed by atoms with van der Waals surface area (Å²) in [5, 5.41) is 2.81. The molecule has 4 heterocycles. The van der Waals surface area contributed by atoms with Crippen LogP contribution in [0.2, 0.25) is 0 Å². The summed E-state index contributed by atoms with van der Waals surface area (Å²) in [5.41, 5.74) is 4.39. The SMILES string of the molecule is CCCCN(CCN)c1nc(N2CC(N(CC)CC)C2)nc2c(CF)c(-c3nc(NC(=O)OCc4ccccc4)cc(C)c3C(F)(F)F)ncc12. The average molecular weight is 712 g/mol. The van der Waals surface area contributed by atoms with E-state index >= 15 is 4.39 Å². The molecule has 0 unspecified atom stereocenters. The van der Waals surface area contributed by atoms with Gasteiger partial charge < -0.3 is 20.3 Å². The molecule has 0 spiro atoms. The highest BCUT2D eigenvalue weighted by Crippen LogP contribution is 2.42. The number of aryl methyl sites for hydroxylation is 1. The first kappa shape index (κ1) is 37.6. The number of aromatic nitrogens is 4. The van der Waals surface area contributed by atoms with Crippen LogP contribution in [-0.2, 0) is 24.2 Å². The molecule has 11 nitrogen and oxygen atoms in total. The van der Waals surface area contributed by atoms with Crippen LogP contribution in [0.1, 0.15) is 55.9 Å². The molecule has 0 aliphatic carbocycles. The number of amides is 1. The Balaban J connectivity index is 1.63. The van der Waals surface area contributed by atoms with Crippen LogP contribution < -0.4 is 20.9 Å². The van der Waals surface area contributed by atoms with E-state index in [1.54, 1.807) is 24.3 Å². The fourth-order valence-electron chi connectivity index (χ4n) is 6.37. The number of ether oxygens (including phenoxy) is 1. The summed E-state index contributed by atoms with van der Waals surface area (Å²) in [6.07, 6.45) is -2.68. The van der Waals surface area contributed by atoms with Gasteiger partial charge in [-0.05, 0) is 43.6 Å². The predicted molar refractivity (Wildman–Crippen MR) is 190 cm³/mol. The van der Waals surface area contributed by atoms with Crippen LogP contribution in [0, 0.1) is 6.92 Å². The molecule has 0 atom stereocenters. The second-order valence-electron chi connectivity index (χ2n) is 12.5. The average Bonchev–Trinajstić information content (AvgIpc) is 3.09. The number of nitrogens with one attached hydrogen (secondary N) is 1. The fraction of sp³-hybridized carbons (Fsp3) is 0.472. The van der Waals surface area contributed by atoms with Crippen molar-refractivity contribution < 1.29 is 27.1 Å². The Morgan fingerprint density at radius 3 is 2.41 bits per heavy atom. The topological polar surface area (TPSA) is 126 Å². The lowest BCUT2D eigenvalue weighted by Crippen LogP contribution is -2.60. The number of pyridine rings is 2. The molecule has 1 aliphatic rings. The highest BCUT2D eigenvalue weighted by molar-refractivity contribution is 5.95. The normalized spacial score (nSPS) is 13.5. The Hall–Kier alpha value is -4.63. The molecule has 1 aliphatic heterocycles. The number of benzene rings is 1. The summed E-state index contributed by atoms with van der Waals surface area (Å²) in [5.74, 6) is 0.634. The molecule has 1 aromatic carbocycles. The van der Waals surface area contributed by atoms with Crippen molar-refractivity contribution in [1.29, 1.82) is 0 Å². The van der Waals surface area contributed by atoms with Gasteiger partial charge in [0.05, 0.1) is 22.2 Å². The lowest BCUT2D eigenvalue weighted by Gasteiger charge is -2.45. The minimum atomic E-state index is -4.87. The Morgan fingerprint density at radius 1 is 1.06 bits per heavy atom. The largest absolute Gasteiger partial charge is 0.444 e. The van der Waals surface area contributed by atoms with Crippen molar-refractivity contribution in [3.63, 3.8) is 0 Å². The number of rotatable bonds is 15. The van der Waals surface area contributed by atoms with Crippen LogP contribution in [-0.4, -0.2) is 82.8 Å². The van der Waals surface area contributed by atoms with E-state index in [1.165, 1.54) is 13.1 Å². The maximum Gasteiger partial charge on any atom is 0.418 e. The van der Waals surface area contributed by atoms with E-state index in [1.807, 2.05) is 15.9 Å². The lowest BCUT2D eigenvalue weighted by atomic mass is 10.00. The van der Waals surface area contributed by atoms with Crippen LogP contribution in [0.3, 0.4) is 0 Å². The Morgan fingerprint density at radius 2 is 1.78 bits per heavy atom. The molecule has 0 bridgehead atoms. The maximum absolute atomic E-state index is 15.3. The second kappa shape index (κ2) is 16.6. The Kier molecular flexibility index (Phi) is 12.2. The molecule has 15 heteroatoms. The molecule has 274 valence electrons.